The van der Waals surface area contributed by atoms with Crippen LogP contribution in [0.15, 0.2) is 0 Å². The van der Waals surface area contributed by atoms with Crippen LogP contribution >= 0.6 is 0 Å². The molecule has 1 aliphatic carbocycles. The average molecular weight is 234 g/mol. The van der Waals surface area contributed by atoms with Crippen molar-refractivity contribution in [3.8, 4) is 12.3 Å². The molecule has 1 N–H and O–H groups in total. The Balaban J connectivity index is 1.74. The van der Waals surface area contributed by atoms with Gasteiger partial charge in [-0.25, -0.2) is 0 Å². The fourth-order valence-electron chi connectivity index (χ4n) is 3.30. The van der Waals surface area contributed by atoms with Crippen molar-refractivity contribution in [1.29, 1.82) is 0 Å². The van der Waals surface area contributed by atoms with Crippen LogP contribution in [0.25, 0.3) is 0 Å². The second kappa shape index (κ2) is 7.03. The topological polar surface area (TPSA) is 15.3 Å². The van der Waals surface area contributed by atoms with Gasteiger partial charge in [0.05, 0.1) is 0 Å². The summed E-state index contributed by atoms with van der Waals surface area (Å²) in [5.74, 6) is 3.67. The predicted molar refractivity (Wildman–Crippen MR) is 72.9 cm³/mol. The highest BCUT2D eigenvalue weighted by atomic mass is 15.2. The third-order valence-corrected chi connectivity index (χ3v) is 4.30. The minimum atomic E-state index is 0.745. The largest absolute Gasteiger partial charge is 0.311 e. The van der Waals surface area contributed by atoms with Crippen molar-refractivity contribution in [3.63, 3.8) is 0 Å². The zero-order valence-electron chi connectivity index (χ0n) is 11.0. The van der Waals surface area contributed by atoms with Crippen molar-refractivity contribution in [2.24, 2.45) is 5.92 Å². The molecule has 1 unspecified atom stereocenters. The van der Waals surface area contributed by atoms with Gasteiger partial charge < -0.3 is 10.2 Å². The smallest absolute Gasteiger partial charge is 0.0223 e. The van der Waals surface area contributed by atoms with Gasteiger partial charge in [-0.15, -0.1) is 12.3 Å². The Morgan fingerprint density at radius 1 is 1.24 bits per heavy atom. The predicted octanol–water partition coefficient (Wildman–Crippen LogP) is 2.25. The fourth-order valence-corrected chi connectivity index (χ4v) is 3.30. The molecule has 2 aliphatic rings. The summed E-state index contributed by atoms with van der Waals surface area (Å²) in [6.07, 6.45) is 14.6. The third kappa shape index (κ3) is 4.01. The van der Waals surface area contributed by atoms with Crippen molar-refractivity contribution in [3.05, 3.63) is 0 Å². The molecule has 0 amide bonds. The molecule has 1 saturated heterocycles. The Morgan fingerprint density at radius 3 is 2.82 bits per heavy atom. The van der Waals surface area contributed by atoms with Crippen LogP contribution in [0, 0.1) is 18.3 Å². The number of terminal acetylenes is 1. The summed E-state index contributed by atoms with van der Waals surface area (Å²) in [6.45, 7) is 4.80. The number of hydrogen-bond donors (Lipinski definition) is 1. The quantitative estimate of drug-likeness (QED) is 0.593. The molecule has 1 aliphatic heterocycles. The number of piperazine rings is 1. The molecule has 0 aromatic carbocycles. The standard InChI is InChI=1S/C15H26N2/c1-2-3-7-11-17-12-10-16-15(13-17)14-8-5-4-6-9-14/h1,14-16H,3-13H2. The van der Waals surface area contributed by atoms with E-state index in [-0.39, 0.29) is 0 Å². The van der Waals surface area contributed by atoms with E-state index in [0.29, 0.717) is 0 Å². The first kappa shape index (κ1) is 12.9. The molecular weight excluding hydrogens is 208 g/mol. The normalized spacial score (nSPS) is 27.8. The van der Waals surface area contributed by atoms with Gasteiger partial charge in [0.15, 0.2) is 0 Å². The van der Waals surface area contributed by atoms with Crippen molar-refractivity contribution in [2.45, 2.75) is 51.0 Å². The molecule has 1 heterocycles. The van der Waals surface area contributed by atoms with E-state index >= 15 is 0 Å². The molecule has 2 fully saturated rings. The second-order valence-electron chi connectivity index (χ2n) is 5.57. The summed E-state index contributed by atoms with van der Waals surface area (Å²) in [6, 6.07) is 0.745. The summed E-state index contributed by atoms with van der Waals surface area (Å²) >= 11 is 0. The SMILES string of the molecule is C#CCCCN1CCNC(C2CCCCC2)C1. The van der Waals surface area contributed by atoms with Crippen molar-refractivity contribution < 1.29 is 0 Å². The molecule has 0 radical (unpaired) electrons. The van der Waals surface area contributed by atoms with Gasteiger partial charge in [-0.3, -0.25) is 0 Å². The van der Waals surface area contributed by atoms with E-state index in [1.807, 2.05) is 0 Å². The van der Waals surface area contributed by atoms with Gasteiger partial charge in [-0.05, 0) is 31.7 Å². The van der Waals surface area contributed by atoms with E-state index in [1.54, 1.807) is 0 Å². The lowest BCUT2D eigenvalue weighted by atomic mass is 9.83. The molecule has 2 rings (SSSR count). The second-order valence-corrected chi connectivity index (χ2v) is 5.57. The molecule has 0 spiro atoms. The molecule has 1 atom stereocenters. The zero-order valence-corrected chi connectivity index (χ0v) is 11.0. The lowest BCUT2D eigenvalue weighted by Crippen LogP contribution is -2.54. The molecule has 2 nitrogen and oxygen atoms in total. The Kier molecular flexibility index (Phi) is 5.35. The maximum absolute atomic E-state index is 5.31. The van der Waals surface area contributed by atoms with Crippen molar-refractivity contribution in [2.75, 3.05) is 26.2 Å². The van der Waals surface area contributed by atoms with Gasteiger partial charge in [-0.2, -0.15) is 0 Å². The molecule has 1 saturated carbocycles. The van der Waals surface area contributed by atoms with Crippen LogP contribution in [0.2, 0.25) is 0 Å². The highest BCUT2D eigenvalue weighted by molar-refractivity contribution is 4.87. The minimum absolute atomic E-state index is 0.745. The molecular formula is C15H26N2. The van der Waals surface area contributed by atoms with Crippen molar-refractivity contribution in [1.82, 2.24) is 10.2 Å². The van der Waals surface area contributed by atoms with Crippen molar-refractivity contribution >= 4 is 0 Å². The van der Waals surface area contributed by atoms with Crippen LogP contribution in [0.4, 0.5) is 0 Å². The summed E-state index contributed by atoms with van der Waals surface area (Å²) < 4.78 is 0. The van der Waals surface area contributed by atoms with Gasteiger partial charge in [-0.1, -0.05) is 19.3 Å². The molecule has 17 heavy (non-hydrogen) atoms. The van der Waals surface area contributed by atoms with Gasteiger partial charge in [0.2, 0.25) is 0 Å². The van der Waals surface area contributed by atoms with E-state index in [2.05, 4.69) is 16.1 Å². The van der Waals surface area contributed by atoms with Crippen LogP contribution in [0.5, 0.6) is 0 Å². The highest BCUT2D eigenvalue weighted by Crippen LogP contribution is 2.27. The summed E-state index contributed by atoms with van der Waals surface area (Å²) in [5.41, 5.74) is 0. The molecule has 0 aromatic heterocycles. The van der Waals surface area contributed by atoms with E-state index in [0.717, 1.165) is 31.3 Å². The number of unbranched alkanes of at least 4 members (excludes halogenated alkanes) is 1. The Morgan fingerprint density at radius 2 is 2.06 bits per heavy atom. The summed E-state index contributed by atoms with van der Waals surface area (Å²) in [4.78, 5) is 2.60. The summed E-state index contributed by atoms with van der Waals surface area (Å²) in [7, 11) is 0. The first-order chi connectivity index (χ1) is 8.40. The van der Waals surface area contributed by atoms with Crippen LogP contribution in [0.3, 0.4) is 0 Å². The lowest BCUT2D eigenvalue weighted by Gasteiger charge is -2.39. The van der Waals surface area contributed by atoms with Crippen LogP contribution < -0.4 is 5.32 Å². The van der Waals surface area contributed by atoms with Gasteiger partial charge in [0.25, 0.3) is 0 Å². The Labute approximate surface area is 106 Å². The molecule has 0 bridgehead atoms. The van der Waals surface area contributed by atoms with E-state index in [4.69, 9.17) is 6.42 Å². The minimum Gasteiger partial charge on any atom is -0.311 e. The lowest BCUT2D eigenvalue weighted by molar-refractivity contribution is 0.145. The molecule has 96 valence electrons. The maximum Gasteiger partial charge on any atom is 0.0223 e. The van der Waals surface area contributed by atoms with E-state index in [1.165, 1.54) is 51.7 Å². The Bertz CT molecular complexity index is 250. The third-order valence-electron chi connectivity index (χ3n) is 4.30. The Hall–Kier alpha value is -0.520. The number of nitrogens with zero attached hydrogens (tertiary/aromatic N) is 1. The fraction of sp³-hybridized carbons (Fsp3) is 0.867. The van der Waals surface area contributed by atoms with Crippen LogP contribution in [-0.2, 0) is 0 Å². The summed E-state index contributed by atoms with van der Waals surface area (Å²) in [5, 5.41) is 3.73. The van der Waals surface area contributed by atoms with Gasteiger partial charge in [0, 0.05) is 32.1 Å². The highest BCUT2D eigenvalue weighted by Gasteiger charge is 2.27. The number of hydrogen-bond acceptors (Lipinski definition) is 2. The molecule has 0 aromatic rings. The van der Waals surface area contributed by atoms with E-state index in [9.17, 15) is 0 Å². The van der Waals surface area contributed by atoms with Gasteiger partial charge in [0.1, 0.15) is 0 Å². The first-order valence-corrected chi connectivity index (χ1v) is 7.29. The van der Waals surface area contributed by atoms with Crippen LogP contribution in [-0.4, -0.2) is 37.1 Å². The molecule has 2 heteroatoms. The average Bonchev–Trinajstić information content (AvgIpc) is 2.41. The first-order valence-electron chi connectivity index (χ1n) is 7.29. The number of rotatable bonds is 4. The maximum atomic E-state index is 5.31. The zero-order chi connectivity index (χ0) is 11.9. The van der Waals surface area contributed by atoms with Crippen LogP contribution in [0.1, 0.15) is 44.9 Å². The monoisotopic (exact) mass is 234 g/mol. The van der Waals surface area contributed by atoms with E-state index < -0.39 is 0 Å². The van der Waals surface area contributed by atoms with Gasteiger partial charge >= 0.3 is 0 Å². The number of nitrogens with one attached hydrogen (secondary N) is 1.